The van der Waals surface area contributed by atoms with Gasteiger partial charge >= 0.3 is 5.97 Å². The van der Waals surface area contributed by atoms with Crippen LogP contribution < -0.4 is 0 Å². The maximum atomic E-state index is 12.4. The number of benzene rings is 1. The van der Waals surface area contributed by atoms with Gasteiger partial charge in [-0.3, -0.25) is 4.90 Å². The molecule has 0 aliphatic heterocycles. The molecule has 4 nitrogen and oxygen atoms in total. The molecule has 1 aliphatic rings. The standard InChI is InChI=1S/C20H28N2O2/c1-4-9-22(10-5-2)15-11-14-13-21-18-8-7-16(20(23)24-6-3)17(12-15)19(14)18/h7-8,13,15,21H,4-6,9-12H2,1-3H3. The molecule has 0 saturated heterocycles. The predicted molar refractivity (Wildman–Crippen MR) is 97.6 cm³/mol. The van der Waals surface area contributed by atoms with Gasteiger partial charge in [-0.05, 0) is 69.0 Å². The number of nitrogens with zero attached hydrogens (tertiary/aromatic N) is 1. The largest absolute Gasteiger partial charge is 0.462 e. The lowest BCUT2D eigenvalue weighted by molar-refractivity contribution is 0.0524. The first-order valence-electron chi connectivity index (χ1n) is 9.22. The number of aromatic nitrogens is 1. The fraction of sp³-hybridized carbons (Fsp3) is 0.550. The van der Waals surface area contributed by atoms with Crippen LogP contribution in [0.3, 0.4) is 0 Å². The van der Waals surface area contributed by atoms with Gasteiger partial charge in [-0.25, -0.2) is 4.79 Å². The first kappa shape index (κ1) is 17.0. The Labute approximate surface area is 144 Å². The van der Waals surface area contributed by atoms with Gasteiger partial charge in [0.1, 0.15) is 0 Å². The van der Waals surface area contributed by atoms with E-state index in [4.69, 9.17) is 4.74 Å². The van der Waals surface area contributed by atoms with Crippen LogP contribution in [0.5, 0.6) is 0 Å². The molecule has 1 heterocycles. The number of H-pyrrole nitrogens is 1. The van der Waals surface area contributed by atoms with Gasteiger partial charge < -0.3 is 9.72 Å². The van der Waals surface area contributed by atoms with Crippen molar-refractivity contribution in [3.05, 3.63) is 35.0 Å². The maximum absolute atomic E-state index is 12.4. The van der Waals surface area contributed by atoms with E-state index in [-0.39, 0.29) is 5.97 Å². The lowest BCUT2D eigenvalue weighted by Crippen LogP contribution is -2.41. The lowest BCUT2D eigenvalue weighted by Gasteiger charge is -2.34. The Balaban J connectivity index is 2.00. The molecular weight excluding hydrogens is 300 g/mol. The summed E-state index contributed by atoms with van der Waals surface area (Å²) in [6.07, 6.45) is 6.41. The minimum Gasteiger partial charge on any atom is -0.462 e. The van der Waals surface area contributed by atoms with Crippen molar-refractivity contribution in [2.24, 2.45) is 0 Å². The number of rotatable bonds is 7. The summed E-state index contributed by atoms with van der Waals surface area (Å²) in [7, 11) is 0. The predicted octanol–water partition coefficient (Wildman–Crippen LogP) is 3.93. The number of aromatic amines is 1. The fourth-order valence-corrected chi connectivity index (χ4v) is 4.02. The van der Waals surface area contributed by atoms with Crippen molar-refractivity contribution in [2.45, 2.75) is 52.5 Å². The summed E-state index contributed by atoms with van der Waals surface area (Å²) in [6.45, 7) is 8.97. The van der Waals surface area contributed by atoms with Gasteiger partial charge in [0.05, 0.1) is 12.2 Å². The van der Waals surface area contributed by atoms with Crippen LogP contribution in [-0.2, 0) is 17.6 Å². The highest BCUT2D eigenvalue weighted by molar-refractivity contribution is 5.99. The zero-order valence-corrected chi connectivity index (χ0v) is 15.0. The zero-order chi connectivity index (χ0) is 17.1. The summed E-state index contributed by atoms with van der Waals surface area (Å²) in [6, 6.07) is 4.39. The second-order valence-electron chi connectivity index (χ2n) is 6.65. The van der Waals surface area contributed by atoms with E-state index in [1.807, 2.05) is 19.1 Å². The molecule has 0 amide bonds. The van der Waals surface area contributed by atoms with Crippen molar-refractivity contribution in [1.29, 1.82) is 0 Å². The molecule has 1 N–H and O–H groups in total. The topological polar surface area (TPSA) is 45.3 Å². The number of esters is 1. The summed E-state index contributed by atoms with van der Waals surface area (Å²) in [5, 5.41) is 1.24. The van der Waals surface area contributed by atoms with Crippen LogP contribution in [0.2, 0.25) is 0 Å². The minimum absolute atomic E-state index is 0.195. The van der Waals surface area contributed by atoms with Crippen molar-refractivity contribution >= 4 is 16.9 Å². The van der Waals surface area contributed by atoms with E-state index >= 15 is 0 Å². The average molecular weight is 328 g/mol. The molecule has 3 rings (SSSR count). The van der Waals surface area contributed by atoms with E-state index < -0.39 is 0 Å². The van der Waals surface area contributed by atoms with Crippen LogP contribution in [0, 0.1) is 0 Å². The Kier molecular flexibility index (Phi) is 5.24. The van der Waals surface area contributed by atoms with Crippen molar-refractivity contribution in [3.8, 4) is 0 Å². The molecular formula is C20H28N2O2. The summed E-state index contributed by atoms with van der Waals surface area (Å²) < 4.78 is 5.29. The van der Waals surface area contributed by atoms with Gasteiger partial charge in [0, 0.05) is 23.1 Å². The van der Waals surface area contributed by atoms with Gasteiger partial charge in [-0.2, -0.15) is 0 Å². The molecule has 0 bridgehead atoms. The quantitative estimate of drug-likeness (QED) is 0.783. The van der Waals surface area contributed by atoms with Crippen LogP contribution in [0.1, 0.15) is 55.1 Å². The third kappa shape index (κ3) is 3.07. The smallest absolute Gasteiger partial charge is 0.338 e. The number of nitrogens with one attached hydrogen (secondary N) is 1. The molecule has 1 atom stereocenters. The van der Waals surface area contributed by atoms with E-state index in [0.717, 1.165) is 55.4 Å². The second-order valence-corrected chi connectivity index (χ2v) is 6.65. The summed E-state index contributed by atoms with van der Waals surface area (Å²) in [5.41, 5.74) is 4.36. The SMILES string of the molecule is CCCN(CCC)C1Cc2c[nH]c3ccc(C(=O)OCC)c(c23)C1. The van der Waals surface area contributed by atoms with Crippen LogP contribution >= 0.6 is 0 Å². The normalized spacial score (nSPS) is 16.8. The Morgan fingerprint density at radius 2 is 1.96 bits per heavy atom. The van der Waals surface area contributed by atoms with Crippen molar-refractivity contribution in [1.82, 2.24) is 9.88 Å². The average Bonchev–Trinajstić information content (AvgIpc) is 2.99. The summed E-state index contributed by atoms with van der Waals surface area (Å²) in [5.74, 6) is -0.195. The fourth-order valence-electron chi connectivity index (χ4n) is 4.02. The van der Waals surface area contributed by atoms with E-state index in [2.05, 4.69) is 29.9 Å². The molecule has 1 aromatic carbocycles. The lowest BCUT2D eigenvalue weighted by atomic mass is 9.85. The van der Waals surface area contributed by atoms with Crippen LogP contribution in [-0.4, -0.2) is 41.6 Å². The molecule has 1 aliphatic carbocycles. The Hall–Kier alpha value is -1.81. The molecule has 24 heavy (non-hydrogen) atoms. The molecule has 0 radical (unpaired) electrons. The van der Waals surface area contributed by atoms with E-state index in [1.54, 1.807) is 0 Å². The highest BCUT2D eigenvalue weighted by Gasteiger charge is 2.29. The molecule has 1 aromatic heterocycles. The van der Waals surface area contributed by atoms with Gasteiger partial charge in [0.25, 0.3) is 0 Å². The number of carbonyl (C=O) groups excluding carboxylic acids is 1. The van der Waals surface area contributed by atoms with Crippen LogP contribution in [0.25, 0.3) is 10.9 Å². The number of ether oxygens (including phenoxy) is 1. The molecule has 0 spiro atoms. The first-order valence-corrected chi connectivity index (χ1v) is 9.22. The Morgan fingerprint density at radius 3 is 2.62 bits per heavy atom. The van der Waals surface area contributed by atoms with Gasteiger partial charge in [-0.1, -0.05) is 13.8 Å². The highest BCUT2D eigenvalue weighted by atomic mass is 16.5. The summed E-state index contributed by atoms with van der Waals surface area (Å²) in [4.78, 5) is 18.4. The molecule has 1 unspecified atom stereocenters. The molecule has 0 fully saturated rings. The second kappa shape index (κ2) is 7.39. The van der Waals surface area contributed by atoms with E-state index in [1.165, 1.54) is 10.9 Å². The highest BCUT2D eigenvalue weighted by Crippen LogP contribution is 2.34. The van der Waals surface area contributed by atoms with E-state index in [9.17, 15) is 4.79 Å². The molecule has 2 aromatic rings. The van der Waals surface area contributed by atoms with Crippen molar-refractivity contribution < 1.29 is 9.53 Å². The maximum Gasteiger partial charge on any atom is 0.338 e. The van der Waals surface area contributed by atoms with Crippen LogP contribution in [0.4, 0.5) is 0 Å². The zero-order valence-electron chi connectivity index (χ0n) is 15.0. The third-order valence-corrected chi connectivity index (χ3v) is 4.96. The molecule has 130 valence electrons. The number of carbonyl (C=O) groups is 1. The summed E-state index contributed by atoms with van der Waals surface area (Å²) >= 11 is 0. The monoisotopic (exact) mass is 328 g/mol. The van der Waals surface area contributed by atoms with Gasteiger partial charge in [0.15, 0.2) is 0 Å². The van der Waals surface area contributed by atoms with Gasteiger partial charge in [0.2, 0.25) is 0 Å². The first-order chi connectivity index (χ1) is 11.7. The van der Waals surface area contributed by atoms with Crippen LogP contribution in [0.15, 0.2) is 18.3 Å². The molecule has 4 heteroatoms. The van der Waals surface area contributed by atoms with Crippen molar-refractivity contribution in [3.63, 3.8) is 0 Å². The van der Waals surface area contributed by atoms with Gasteiger partial charge in [-0.15, -0.1) is 0 Å². The Morgan fingerprint density at radius 1 is 1.21 bits per heavy atom. The third-order valence-electron chi connectivity index (χ3n) is 4.96. The number of hydrogen-bond acceptors (Lipinski definition) is 3. The Bertz CT molecular complexity index is 714. The number of hydrogen-bond donors (Lipinski definition) is 1. The molecule has 0 saturated carbocycles. The minimum atomic E-state index is -0.195. The van der Waals surface area contributed by atoms with E-state index in [0.29, 0.717) is 12.6 Å². The van der Waals surface area contributed by atoms with Crippen molar-refractivity contribution in [2.75, 3.05) is 19.7 Å².